The number of rotatable bonds is 9. The molecule has 0 amide bonds. The highest BCUT2D eigenvalue weighted by Crippen LogP contribution is 2.25. The van der Waals surface area contributed by atoms with Crippen LogP contribution in [0.4, 0.5) is 10.2 Å². The second-order valence-electron chi connectivity index (χ2n) is 8.94. The Morgan fingerprint density at radius 1 is 1.00 bits per heavy atom. The minimum absolute atomic E-state index is 0. The summed E-state index contributed by atoms with van der Waals surface area (Å²) in [4.78, 5) is 15.2. The van der Waals surface area contributed by atoms with Gasteiger partial charge in [-0.2, -0.15) is 4.31 Å². The Kier molecular flexibility index (Phi) is 9.37. The highest BCUT2D eigenvalue weighted by Gasteiger charge is 2.26. The summed E-state index contributed by atoms with van der Waals surface area (Å²) in [5.74, 6) is -1.23. The van der Waals surface area contributed by atoms with Crippen LogP contribution in [0.3, 0.4) is 0 Å². The number of benzene rings is 2. The second-order valence-corrected chi connectivity index (χ2v) is 10.9. The van der Waals surface area contributed by atoms with Crippen LogP contribution in [-0.2, 0) is 33.3 Å². The molecule has 0 radical (unpaired) electrons. The van der Waals surface area contributed by atoms with Crippen molar-refractivity contribution in [3.63, 3.8) is 0 Å². The highest BCUT2D eigenvalue weighted by atomic mass is 35.5. The summed E-state index contributed by atoms with van der Waals surface area (Å²) < 4.78 is 41.6. The van der Waals surface area contributed by atoms with Crippen LogP contribution in [0.25, 0.3) is 0 Å². The maximum absolute atomic E-state index is 13.5. The van der Waals surface area contributed by atoms with E-state index in [9.17, 15) is 17.6 Å². The van der Waals surface area contributed by atoms with Crippen LogP contribution >= 0.6 is 12.4 Å². The van der Waals surface area contributed by atoms with Crippen molar-refractivity contribution >= 4 is 34.2 Å². The molecule has 2 aromatic carbocycles. The number of nitrogens with zero attached hydrogens (tertiary/aromatic N) is 2. The molecule has 1 heterocycles. The van der Waals surface area contributed by atoms with Gasteiger partial charge in [0.1, 0.15) is 18.2 Å². The van der Waals surface area contributed by atoms with Crippen LogP contribution in [0, 0.1) is 5.82 Å². The summed E-state index contributed by atoms with van der Waals surface area (Å²) in [5.41, 5.74) is 2.32. The van der Waals surface area contributed by atoms with E-state index >= 15 is 0 Å². The number of anilines is 1. The van der Waals surface area contributed by atoms with Gasteiger partial charge in [-0.25, -0.2) is 17.8 Å². The SMILES string of the molecule is CC(C)(C)c1ccc(CN(Cc2cccc(NCC(=O)O)n2)S(=O)(=O)c2ccc(F)cc2)cc1.Cl. The summed E-state index contributed by atoms with van der Waals surface area (Å²) in [5, 5.41) is 11.6. The Morgan fingerprint density at radius 3 is 2.20 bits per heavy atom. The van der Waals surface area contributed by atoms with Crippen LogP contribution < -0.4 is 5.32 Å². The third kappa shape index (κ3) is 7.74. The zero-order valence-corrected chi connectivity index (χ0v) is 21.4. The standard InChI is InChI=1S/C25H28FN3O4S.ClH/c1-25(2,3)19-9-7-18(8-10-19)16-29(34(32,33)22-13-11-20(26)12-14-22)17-21-5-4-6-23(28-21)27-15-24(30)31;/h4-14H,15-17H2,1-3H3,(H,27,28)(H,30,31);1H. The number of aromatic nitrogens is 1. The first-order chi connectivity index (χ1) is 15.9. The normalized spacial score (nSPS) is 11.7. The predicted molar refractivity (Wildman–Crippen MR) is 136 cm³/mol. The number of aliphatic carboxylic acids is 1. The molecular weight excluding hydrogens is 493 g/mol. The van der Waals surface area contributed by atoms with E-state index in [1.807, 2.05) is 24.3 Å². The molecule has 1 aromatic heterocycles. The first-order valence-electron chi connectivity index (χ1n) is 10.7. The summed E-state index contributed by atoms with van der Waals surface area (Å²) in [6, 6.07) is 17.4. The maximum Gasteiger partial charge on any atom is 0.322 e. The van der Waals surface area contributed by atoms with E-state index in [2.05, 4.69) is 31.1 Å². The predicted octanol–water partition coefficient (Wildman–Crippen LogP) is 4.83. The lowest BCUT2D eigenvalue weighted by molar-refractivity contribution is -0.134. The van der Waals surface area contributed by atoms with Crippen molar-refractivity contribution in [1.82, 2.24) is 9.29 Å². The fraction of sp³-hybridized carbons (Fsp3) is 0.280. The first kappa shape index (κ1) is 28.2. The molecule has 10 heteroatoms. The molecule has 7 nitrogen and oxygen atoms in total. The lowest BCUT2D eigenvalue weighted by Gasteiger charge is -2.23. The van der Waals surface area contributed by atoms with Crippen molar-refractivity contribution in [2.45, 2.75) is 44.2 Å². The van der Waals surface area contributed by atoms with Crippen LogP contribution in [0.2, 0.25) is 0 Å². The molecule has 3 rings (SSSR count). The number of pyridine rings is 1. The zero-order chi connectivity index (χ0) is 24.9. The quantitative estimate of drug-likeness (QED) is 0.418. The lowest BCUT2D eigenvalue weighted by Crippen LogP contribution is -2.31. The van der Waals surface area contributed by atoms with Gasteiger partial charge < -0.3 is 10.4 Å². The van der Waals surface area contributed by atoms with Crippen molar-refractivity contribution in [2.75, 3.05) is 11.9 Å². The molecule has 35 heavy (non-hydrogen) atoms. The summed E-state index contributed by atoms with van der Waals surface area (Å²) in [6.45, 7) is 6.02. The molecule has 0 bridgehead atoms. The van der Waals surface area contributed by atoms with E-state index in [0.717, 1.165) is 23.3 Å². The van der Waals surface area contributed by atoms with Gasteiger partial charge in [-0.1, -0.05) is 51.1 Å². The van der Waals surface area contributed by atoms with Crippen molar-refractivity contribution in [3.8, 4) is 0 Å². The first-order valence-corrected chi connectivity index (χ1v) is 12.2. The minimum atomic E-state index is -3.98. The summed E-state index contributed by atoms with van der Waals surface area (Å²) >= 11 is 0. The number of hydrogen-bond donors (Lipinski definition) is 2. The number of sulfonamides is 1. The number of carboxylic acid groups (broad SMARTS) is 1. The minimum Gasteiger partial charge on any atom is -0.480 e. The Hall–Kier alpha value is -3.01. The van der Waals surface area contributed by atoms with E-state index in [1.165, 1.54) is 16.4 Å². The highest BCUT2D eigenvalue weighted by molar-refractivity contribution is 7.89. The van der Waals surface area contributed by atoms with Crippen molar-refractivity contribution in [2.24, 2.45) is 0 Å². The third-order valence-corrected chi connectivity index (χ3v) is 7.00. The molecular formula is C25H29ClFN3O4S. The lowest BCUT2D eigenvalue weighted by atomic mass is 9.87. The molecule has 0 fully saturated rings. The average Bonchev–Trinajstić information content (AvgIpc) is 2.77. The van der Waals surface area contributed by atoms with E-state index in [4.69, 9.17) is 5.11 Å². The fourth-order valence-electron chi connectivity index (χ4n) is 3.31. The summed E-state index contributed by atoms with van der Waals surface area (Å²) in [7, 11) is -3.98. The monoisotopic (exact) mass is 521 g/mol. The zero-order valence-electron chi connectivity index (χ0n) is 19.7. The van der Waals surface area contributed by atoms with Crippen LogP contribution in [-0.4, -0.2) is 35.3 Å². The third-order valence-electron chi connectivity index (χ3n) is 5.20. The number of carboxylic acids is 1. The van der Waals surface area contributed by atoms with Gasteiger partial charge in [0.25, 0.3) is 0 Å². The van der Waals surface area contributed by atoms with Gasteiger partial charge >= 0.3 is 5.97 Å². The molecule has 0 aliphatic carbocycles. The Bertz CT molecular complexity index is 1240. The van der Waals surface area contributed by atoms with Gasteiger partial charge in [0, 0.05) is 6.54 Å². The number of carbonyl (C=O) groups is 1. The smallest absolute Gasteiger partial charge is 0.322 e. The van der Waals surface area contributed by atoms with Crippen molar-refractivity contribution in [3.05, 3.63) is 89.4 Å². The van der Waals surface area contributed by atoms with E-state index in [-0.39, 0.29) is 42.4 Å². The molecule has 2 N–H and O–H groups in total. The largest absolute Gasteiger partial charge is 0.480 e. The van der Waals surface area contributed by atoms with Gasteiger partial charge in [-0.05, 0) is 52.9 Å². The fourth-order valence-corrected chi connectivity index (χ4v) is 4.71. The molecule has 0 saturated carbocycles. The van der Waals surface area contributed by atoms with Gasteiger partial charge in [0.15, 0.2) is 0 Å². The Balaban J connectivity index is 0.00000432. The molecule has 0 spiro atoms. The van der Waals surface area contributed by atoms with Crippen molar-refractivity contribution in [1.29, 1.82) is 0 Å². The number of halogens is 2. The molecule has 0 saturated heterocycles. The van der Waals surface area contributed by atoms with E-state index < -0.39 is 21.8 Å². The van der Waals surface area contributed by atoms with Gasteiger partial charge in [0.2, 0.25) is 10.0 Å². The van der Waals surface area contributed by atoms with E-state index in [1.54, 1.807) is 18.2 Å². The maximum atomic E-state index is 13.5. The van der Waals surface area contributed by atoms with Crippen LogP contribution in [0.1, 0.15) is 37.6 Å². The molecule has 3 aromatic rings. The molecule has 0 atom stereocenters. The van der Waals surface area contributed by atoms with Crippen LogP contribution in [0.15, 0.2) is 71.6 Å². The second kappa shape index (κ2) is 11.6. The van der Waals surface area contributed by atoms with E-state index in [0.29, 0.717) is 11.5 Å². The molecule has 188 valence electrons. The number of hydrogen-bond acceptors (Lipinski definition) is 5. The van der Waals surface area contributed by atoms with Gasteiger partial charge in [-0.15, -0.1) is 12.4 Å². The molecule has 0 aliphatic rings. The molecule has 0 unspecified atom stereocenters. The van der Waals surface area contributed by atoms with Crippen molar-refractivity contribution < 1.29 is 22.7 Å². The van der Waals surface area contributed by atoms with Gasteiger partial charge in [-0.3, -0.25) is 4.79 Å². The number of nitrogens with one attached hydrogen (secondary N) is 1. The average molecular weight is 522 g/mol. The van der Waals surface area contributed by atoms with Crippen LogP contribution in [0.5, 0.6) is 0 Å². The molecule has 0 aliphatic heterocycles. The topological polar surface area (TPSA) is 99.6 Å². The summed E-state index contributed by atoms with van der Waals surface area (Å²) in [6.07, 6.45) is 0. The Morgan fingerprint density at radius 2 is 1.63 bits per heavy atom. The van der Waals surface area contributed by atoms with Gasteiger partial charge in [0.05, 0.1) is 17.1 Å². The Labute approximate surface area is 211 Å².